The molecular formula is C23H25FN4O2. The zero-order chi connectivity index (χ0) is 20.7. The van der Waals surface area contributed by atoms with Gasteiger partial charge in [-0.2, -0.15) is 5.10 Å². The van der Waals surface area contributed by atoms with Crippen LogP contribution in [0, 0.1) is 11.7 Å². The van der Waals surface area contributed by atoms with Crippen LogP contribution in [0.4, 0.5) is 4.39 Å². The van der Waals surface area contributed by atoms with Crippen molar-refractivity contribution in [3.05, 3.63) is 58.9 Å². The van der Waals surface area contributed by atoms with Crippen LogP contribution in [-0.2, 0) is 12.8 Å². The topological polar surface area (TPSA) is 75.0 Å². The number of halogens is 1. The van der Waals surface area contributed by atoms with E-state index >= 15 is 0 Å². The number of likely N-dealkylation sites (tertiary alicyclic amines) is 1. The largest absolute Gasteiger partial charge is 0.361 e. The lowest BCUT2D eigenvalue weighted by molar-refractivity contribution is 0.0700. The lowest BCUT2D eigenvalue weighted by Crippen LogP contribution is -2.38. The van der Waals surface area contributed by atoms with Crippen molar-refractivity contribution in [1.82, 2.24) is 20.3 Å². The molecule has 0 saturated carbocycles. The van der Waals surface area contributed by atoms with E-state index in [1.165, 1.54) is 18.1 Å². The van der Waals surface area contributed by atoms with Gasteiger partial charge < -0.3 is 9.42 Å². The summed E-state index contributed by atoms with van der Waals surface area (Å²) in [6.07, 6.45) is 4.93. The molecular weight excluding hydrogens is 383 g/mol. The molecule has 3 aromatic rings. The van der Waals surface area contributed by atoms with Gasteiger partial charge in [0.2, 0.25) is 0 Å². The van der Waals surface area contributed by atoms with E-state index in [0.29, 0.717) is 41.9 Å². The van der Waals surface area contributed by atoms with Crippen molar-refractivity contribution in [3.63, 3.8) is 0 Å². The summed E-state index contributed by atoms with van der Waals surface area (Å²) in [7, 11) is 0. The van der Waals surface area contributed by atoms with E-state index in [1.54, 1.807) is 24.3 Å². The molecule has 1 saturated heterocycles. The Labute approximate surface area is 174 Å². The van der Waals surface area contributed by atoms with Gasteiger partial charge in [-0.3, -0.25) is 9.89 Å². The minimum Gasteiger partial charge on any atom is -0.361 e. The average molecular weight is 408 g/mol. The van der Waals surface area contributed by atoms with Crippen molar-refractivity contribution in [2.24, 2.45) is 5.92 Å². The third-order valence-corrected chi connectivity index (χ3v) is 6.44. The van der Waals surface area contributed by atoms with Crippen molar-refractivity contribution in [1.29, 1.82) is 0 Å². The summed E-state index contributed by atoms with van der Waals surface area (Å²) in [6.45, 7) is 3.59. The summed E-state index contributed by atoms with van der Waals surface area (Å²) in [5.74, 6) is 1.56. The van der Waals surface area contributed by atoms with Gasteiger partial charge in [0.1, 0.15) is 17.3 Å². The average Bonchev–Trinajstić information content (AvgIpc) is 3.41. The lowest BCUT2D eigenvalue weighted by atomic mass is 9.83. The predicted octanol–water partition coefficient (Wildman–Crippen LogP) is 4.35. The molecule has 1 aromatic carbocycles. The van der Waals surface area contributed by atoms with Gasteiger partial charge >= 0.3 is 0 Å². The number of hydrogen-bond acceptors (Lipinski definition) is 4. The van der Waals surface area contributed by atoms with Gasteiger partial charge in [0.05, 0.1) is 11.4 Å². The number of rotatable bonds is 3. The Bertz CT molecular complexity index is 1060. The highest BCUT2D eigenvalue weighted by molar-refractivity contribution is 5.93. The lowest BCUT2D eigenvalue weighted by Gasteiger charge is -2.31. The molecule has 1 amide bonds. The number of piperidine rings is 1. The molecule has 6 nitrogen and oxygen atoms in total. The first-order valence-electron chi connectivity index (χ1n) is 10.7. The Morgan fingerprint density at radius 3 is 2.83 bits per heavy atom. The molecule has 0 bridgehead atoms. The van der Waals surface area contributed by atoms with Crippen molar-refractivity contribution < 1.29 is 13.7 Å². The quantitative estimate of drug-likeness (QED) is 0.699. The van der Waals surface area contributed by atoms with Gasteiger partial charge in [-0.05, 0) is 56.2 Å². The van der Waals surface area contributed by atoms with Crippen molar-refractivity contribution in [2.75, 3.05) is 13.1 Å². The molecule has 30 heavy (non-hydrogen) atoms. The zero-order valence-electron chi connectivity index (χ0n) is 17.0. The minimum absolute atomic E-state index is 0.100. The molecule has 5 rings (SSSR count). The van der Waals surface area contributed by atoms with Crippen molar-refractivity contribution in [3.8, 4) is 11.3 Å². The Hall–Kier alpha value is -2.96. The summed E-state index contributed by atoms with van der Waals surface area (Å²) < 4.78 is 19.7. The summed E-state index contributed by atoms with van der Waals surface area (Å²) in [5.41, 5.74) is 3.64. The summed E-state index contributed by atoms with van der Waals surface area (Å²) in [5, 5.41) is 11.2. The van der Waals surface area contributed by atoms with Crippen LogP contribution in [-0.4, -0.2) is 39.3 Å². The molecule has 2 aromatic heterocycles. The van der Waals surface area contributed by atoms with Gasteiger partial charge in [0.15, 0.2) is 0 Å². The first-order valence-corrected chi connectivity index (χ1v) is 10.7. The number of nitrogens with zero attached hydrogens (tertiary/aromatic N) is 3. The van der Waals surface area contributed by atoms with Crippen LogP contribution in [0.25, 0.3) is 11.3 Å². The van der Waals surface area contributed by atoms with Gasteiger partial charge in [-0.15, -0.1) is 0 Å². The highest BCUT2D eigenvalue weighted by atomic mass is 19.1. The molecule has 0 unspecified atom stereocenters. The smallest absolute Gasteiger partial charge is 0.271 e. The molecule has 1 fully saturated rings. The summed E-state index contributed by atoms with van der Waals surface area (Å²) in [6, 6.07) is 8.06. The van der Waals surface area contributed by atoms with Crippen LogP contribution in [0.2, 0.25) is 0 Å². The molecule has 156 valence electrons. The van der Waals surface area contributed by atoms with E-state index in [9.17, 15) is 9.18 Å². The standard InChI is InChI=1S/C23H25FN4O2/c1-14-6-7-19-17(12-14)22(30-27-19)15-8-10-28(11-9-15)23(29)21-13-20(25-26-21)16-4-2-3-5-18(16)24/h2-5,13-15H,6-12H2,1H3,(H,25,26)/t14-/m1/s1. The second-order valence-corrected chi connectivity index (χ2v) is 8.53. The van der Waals surface area contributed by atoms with Crippen LogP contribution in [0.15, 0.2) is 34.9 Å². The molecule has 1 atom stereocenters. The zero-order valence-corrected chi connectivity index (χ0v) is 17.0. The first-order chi connectivity index (χ1) is 14.6. The molecule has 1 aliphatic heterocycles. The van der Waals surface area contributed by atoms with E-state index in [4.69, 9.17) is 4.52 Å². The number of aromatic amines is 1. The minimum atomic E-state index is -0.353. The molecule has 0 spiro atoms. The van der Waals surface area contributed by atoms with E-state index in [0.717, 1.165) is 37.1 Å². The number of fused-ring (bicyclic) bond motifs is 1. The summed E-state index contributed by atoms with van der Waals surface area (Å²) >= 11 is 0. The van der Waals surface area contributed by atoms with Gasteiger partial charge in [-0.25, -0.2) is 4.39 Å². The van der Waals surface area contributed by atoms with Crippen LogP contribution in [0.3, 0.4) is 0 Å². The second-order valence-electron chi connectivity index (χ2n) is 8.53. The third-order valence-electron chi connectivity index (χ3n) is 6.44. The van der Waals surface area contributed by atoms with Crippen LogP contribution >= 0.6 is 0 Å². The number of H-pyrrole nitrogens is 1. The van der Waals surface area contributed by atoms with Gasteiger partial charge in [0.25, 0.3) is 5.91 Å². The number of carbonyl (C=O) groups is 1. The molecule has 3 heterocycles. The van der Waals surface area contributed by atoms with Gasteiger partial charge in [0, 0.05) is 30.1 Å². The van der Waals surface area contributed by atoms with E-state index in [-0.39, 0.29) is 11.7 Å². The Morgan fingerprint density at radius 2 is 2.03 bits per heavy atom. The first kappa shape index (κ1) is 19.0. The maximum absolute atomic E-state index is 14.0. The number of carbonyl (C=O) groups excluding carboxylic acids is 1. The third kappa shape index (κ3) is 3.42. The predicted molar refractivity (Wildman–Crippen MR) is 110 cm³/mol. The normalized spacial score (nSPS) is 19.7. The second kappa shape index (κ2) is 7.70. The molecule has 1 N–H and O–H groups in total. The maximum Gasteiger partial charge on any atom is 0.271 e. The fourth-order valence-electron chi connectivity index (χ4n) is 4.68. The van der Waals surface area contributed by atoms with Crippen LogP contribution in [0.1, 0.15) is 59.6 Å². The fraction of sp³-hybridized carbons (Fsp3) is 0.435. The van der Waals surface area contributed by atoms with Crippen LogP contribution in [0.5, 0.6) is 0 Å². The van der Waals surface area contributed by atoms with Crippen molar-refractivity contribution in [2.45, 2.75) is 44.9 Å². The van der Waals surface area contributed by atoms with Crippen LogP contribution < -0.4 is 0 Å². The Morgan fingerprint density at radius 1 is 1.23 bits per heavy atom. The summed E-state index contributed by atoms with van der Waals surface area (Å²) in [4.78, 5) is 14.8. The SMILES string of the molecule is C[C@@H]1CCc2noc(C3CCN(C(=O)c4cc(-c5ccccc5F)n[nH]4)CC3)c2C1. The Balaban J connectivity index is 1.26. The highest BCUT2D eigenvalue weighted by Crippen LogP contribution is 2.36. The van der Waals surface area contributed by atoms with E-state index in [2.05, 4.69) is 22.3 Å². The van der Waals surface area contributed by atoms with E-state index in [1.807, 2.05) is 4.90 Å². The van der Waals surface area contributed by atoms with Crippen molar-refractivity contribution >= 4 is 5.91 Å². The molecule has 0 radical (unpaired) electrons. The maximum atomic E-state index is 14.0. The van der Waals surface area contributed by atoms with E-state index < -0.39 is 0 Å². The number of hydrogen-bond donors (Lipinski definition) is 1. The number of benzene rings is 1. The number of aryl methyl sites for hydroxylation is 1. The molecule has 2 aliphatic rings. The number of aromatic nitrogens is 3. The van der Waals surface area contributed by atoms with Gasteiger partial charge in [-0.1, -0.05) is 24.2 Å². The monoisotopic (exact) mass is 408 g/mol. The molecule has 1 aliphatic carbocycles. The number of nitrogens with one attached hydrogen (secondary N) is 1. The molecule has 7 heteroatoms. The Kier molecular flexibility index (Phi) is 4.89. The fourth-order valence-corrected chi connectivity index (χ4v) is 4.68. The number of amides is 1. The highest BCUT2D eigenvalue weighted by Gasteiger charge is 2.32.